The van der Waals surface area contributed by atoms with Gasteiger partial charge in [0.2, 0.25) is 11.8 Å². The molecule has 1 aliphatic rings. The van der Waals surface area contributed by atoms with Crippen molar-refractivity contribution in [3.63, 3.8) is 0 Å². The van der Waals surface area contributed by atoms with E-state index in [-0.39, 0.29) is 12.1 Å². The van der Waals surface area contributed by atoms with Gasteiger partial charge in [0.05, 0.1) is 18.9 Å². The number of hydrogen-bond acceptors (Lipinski definition) is 5. The van der Waals surface area contributed by atoms with Crippen LogP contribution in [0.3, 0.4) is 0 Å². The SMILES string of the molecule is CCOc1ccc(OCC)c(N2C(=O)CC(=O)NC2=O)c1. The molecule has 21 heavy (non-hydrogen) atoms. The van der Waals surface area contributed by atoms with Crippen LogP contribution in [0.15, 0.2) is 18.2 Å². The highest BCUT2D eigenvalue weighted by Crippen LogP contribution is 2.34. The van der Waals surface area contributed by atoms with E-state index >= 15 is 0 Å². The first-order chi connectivity index (χ1) is 10.1. The molecule has 1 N–H and O–H groups in total. The number of nitrogens with one attached hydrogen (secondary N) is 1. The van der Waals surface area contributed by atoms with Gasteiger partial charge >= 0.3 is 6.03 Å². The van der Waals surface area contributed by atoms with E-state index in [4.69, 9.17) is 9.47 Å². The Hall–Kier alpha value is -2.57. The third kappa shape index (κ3) is 3.13. The first-order valence-corrected chi connectivity index (χ1v) is 6.63. The minimum atomic E-state index is -0.786. The highest BCUT2D eigenvalue weighted by Gasteiger charge is 2.34. The van der Waals surface area contributed by atoms with Crippen molar-refractivity contribution in [2.75, 3.05) is 18.1 Å². The Morgan fingerprint density at radius 2 is 1.86 bits per heavy atom. The summed E-state index contributed by atoms with van der Waals surface area (Å²) in [6.45, 7) is 4.45. The fraction of sp³-hybridized carbons (Fsp3) is 0.357. The van der Waals surface area contributed by atoms with E-state index in [1.54, 1.807) is 25.1 Å². The smallest absolute Gasteiger partial charge is 0.335 e. The number of ether oxygens (including phenoxy) is 2. The molecule has 2 rings (SSSR count). The summed E-state index contributed by atoms with van der Waals surface area (Å²) in [5.41, 5.74) is 0.262. The number of amides is 4. The lowest BCUT2D eigenvalue weighted by atomic mass is 10.2. The number of rotatable bonds is 5. The number of hydrogen-bond donors (Lipinski definition) is 1. The molecule has 112 valence electrons. The van der Waals surface area contributed by atoms with Crippen molar-refractivity contribution >= 4 is 23.5 Å². The van der Waals surface area contributed by atoms with Gasteiger partial charge in [-0.25, -0.2) is 9.69 Å². The van der Waals surface area contributed by atoms with Crippen LogP contribution in [-0.4, -0.2) is 31.1 Å². The number of anilines is 1. The Morgan fingerprint density at radius 3 is 2.48 bits per heavy atom. The number of barbiturate groups is 1. The molecule has 1 heterocycles. The molecule has 0 radical (unpaired) electrons. The first-order valence-electron chi connectivity index (χ1n) is 6.63. The van der Waals surface area contributed by atoms with Crippen LogP contribution in [0.5, 0.6) is 11.5 Å². The lowest BCUT2D eigenvalue weighted by Crippen LogP contribution is -2.53. The minimum Gasteiger partial charge on any atom is -0.494 e. The van der Waals surface area contributed by atoms with Crippen LogP contribution in [0.25, 0.3) is 0 Å². The number of imide groups is 2. The van der Waals surface area contributed by atoms with Gasteiger partial charge in [-0.2, -0.15) is 0 Å². The maximum absolute atomic E-state index is 12.0. The molecule has 0 unspecified atom stereocenters. The van der Waals surface area contributed by atoms with Gasteiger partial charge in [-0.15, -0.1) is 0 Å². The maximum Gasteiger partial charge on any atom is 0.335 e. The van der Waals surface area contributed by atoms with Crippen LogP contribution in [0.4, 0.5) is 10.5 Å². The van der Waals surface area contributed by atoms with Gasteiger partial charge in [0.1, 0.15) is 17.9 Å². The van der Waals surface area contributed by atoms with Gasteiger partial charge in [-0.3, -0.25) is 14.9 Å². The Balaban J connectivity index is 2.43. The van der Waals surface area contributed by atoms with Gasteiger partial charge < -0.3 is 9.47 Å². The molecule has 1 saturated heterocycles. The summed E-state index contributed by atoms with van der Waals surface area (Å²) in [6.07, 6.45) is -0.379. The van der Waals surface area contributed by atoms with Crippen molar-refractivity contribution in [3.8, 4) is 11.5 Å². The monoisotopic (exact) mass is 292 g/mol. The Kier molecular flexibility index (Phi) is 4.42. The fourth-order valence-electron chi connectivity index (χ4n) is 2.00. The summed E-state index contributed by atoms with van der Waals surface area (Å²) in [7, 11) is 0. The van der Waals surface area contributed by atoms with Gasteiger partial charge in [0.25, 0.3) is 0 Å². The zero-order valence-electron chi connectivity index (χ0n) is 11.8. The van der Waals surface area contributed by atoms with Gasteiger partial charge in [-0.1, -0.05) is 0 Å². The molecule has 1 aromatic rings. The zero-order valence-corrected chi connectivity index (χ0v) is 11.8. The molecule has 0 atom stereocenters. The maximum atomic E-state index is 12.0. The molecule has 0 aromatic heterocycles. The quantitative estimate of drug-likeness (QED) is 0.830. The van der Waals surface area contributed by atoms with Crippen LogP contribution < -0.4 is 19.7 Å². The van der Waals surface area contributed by atoms with E-state index < -0.39 is 17.8 Å². The van der Waals surface area contributed by atoms with E-state index in [9.17, 15) is 14.4 Å². The lowest BCUT2D eigenvalue weighted by molar-refractivity contribution is -0.128. The van der Waals surface area contributed by atoms with E-state index in [2.05, 4.69) is 5.32 Å². The highest BCUT2D eigenvalue weighted by atomic mass is 16.5. The Morgan fingerprint density at radius 1 is 1.14 bits per heavy atom. The van der Waals surface area contributed by atoms with E-state index in [0.717, 1.165) is 4.90 Å². The third-order valence-electron chi connectivity index (χ3n) is 2.79. The van der Waals surface area contributed by atoms with Crippen LogP contribution in [0, 0.1) is 0 Å². The van der Waals surface area contributed by atoms with Crippen LogP contribution >= 0.6 is 0 Å². The molecule has 4 amide bonds. The summed E-state index contributed by atoms with van der Waals surface area (Å²) in [6, 6.07) is 4.07. The Bertz CT molecular complexity index is 565. The number of nitrogens with zero attached hydrogens (tertiary/aromatic N) is 1. The molecular formula is C14H16N2O5. The van der Waals surface area contributed by atoms with Crippen molar-refractivity contribution in [1.82, 2.24) is 5.32 Å². The van der Waals surface area contributed by atoms with Crippen molar-refractivity contribution in [2.24, 2.45) is 0 Å². The van der Waals surface area contributed by atoms with Crippen LogP contribution in [0.2, 0.25) is 0 Å². The molecule has 1 aromatic carbocycles. The van der Waals surface area contributed by atoms with Crippen LogP contribution in [0.1, 0.15) is 20.3 Å². The van der Waals surface area contributed by atoms with Crippen molar-refractivity contribution < 1.29 is 23.9 Å². The summed E-state index contributed by atoms with van der Waals surface area (Å²) < 4.78 is 10.8. The summed E-state index contributed by atoms with van der Waals surface area (Å²) in [5, 5.41) is 2.11. The van der Waals surface area contributed by atoms with E-state index in [1.165, 1.54) is 0 Å². The lowest BCUT2D eigenvalue weighted by Gasteiger charge is -2.26. The number of benzene rings is 1. The second kappa shape index (κ2) is 6.25. The molecule has 1 aliphatic heterocycles. The zero-order chi connectivity index (χ0) is 15.4. The predicted molar refractivity (Wildman–Crippen MR) is 74.4 cm³/mol. The van der Waals surface area contributed by atoms with E-state index in [0.29, 0.717) is 24.7 Å². The predicted octanol–water partition coefficient (Wildman–Crippen LogP) is 1.46. The molecule has 0 saturated carbocycles. The molecule has 0 aliphatic carbocycles. The number of carbonyl (C=O) groups is 3. The van der Waals surface area contributed by atoms with Gasteiger partial charge in [0.15, 0.2) is 0 Å². The third-order valence-corrected chi connectivity index (χ3v) is 2.79. The van der Waals surface area contributed by atoms with Gasteiger partial charge in [0, 0.05) is 6.07 Å². The Labute approximate surface area is 121 Å². The minimum absolute atomic E-state index is 0.262. The number of urea groups is 1. The fourth-order valence-corrected chi connectivity index (χ4v) is 2.00. The summed E-state index contributed by atoms with van der Waals surface area (Å²) in [5.74, 6) is -0.328. The first kappa shape index (κ1) is 14.8. The molecule has 0 spiro atoms. The molecular weight excluding hydrogens is 276 g/mol. The average Bonchev–Trinajstić information content (AvgIpc) is 2.41. The standard InChI is InChI=1S/C14H16N2O5/c1-3-20-9-5-6-11(21-4-2)10(7-9)16-13(18)8-12(17)15-14(16)19/h5-7H,3-4,8H2,1-2H3,(H,15,17,19). The second-order valence-electron chi connectivity index (χ2n) is 4.25. The summed E-state index contributed by atoms with van der Waals surface area (Å²) in [4.78, 5) is 36.0. The summed E-state index contributed by atoms with van der Waals surface area (Å²) >= 11 is 0. The molecule has 0 bridgehead atoms. The molecule has 7 heteroatoms. The van der Waals surface area contributed by atoms with Crippen LogP contribution in [-0.2, 0) is 9.59 Å². The van der Waals surface area contributed by atoms with Crippen molar-refractivity contribution in [2.45, 2.75) is 20.3 Å². The highest BCUT2D eigenvalue weighted by molar-refractivity contribution is 6.26. The largest absolute Gasteiger partial charge is 0.494 e. The second-order valence-corrected chi connectivity index (χ2v) is 4.25. The van der Waals surface area contributed by atoms with Crippen molar-refractivity contribution in [3.05, 3.63) is 18.2 Å². The topological polar surface area (TPSA) is 84.9 Å². The molecule has 1 fully saturated rings. The molecule has 7 nitrogen and oxygen atoms in total. The average molecular weight is 292 g/mol. The number of carbonyl (C=O) groups excluding carboxylic acids is 3. The van der Waals surface area contributed by atoms with Gasteiger partial charge in [-0.05, 0) is 26.0 Å². The van der Waals surface area contributed by atoms with E-state index in [1.807, 2.05) is 6.92 Å². The van der Waals surface area contributed by atoms with Crippen molar-refractivity contribution in [1.29, 1.82) is 0 Å². The normalized spacial score (nSPS) is 15.0.